The lowest BCUT2D eigenvalue weighted by Crippen LogP contribution is -2.53. The quantitative estimate of drug-likeness (QED) is 0.442. The number of H-pyrrole nitrogens is 1. The van der Waals surface area contributed by atoms with Gasteiger partial charge >= 0.3 is 11.9 Å². The third-order valence-electron chi connectivity index (χ3n) is 7.46. The summed E-state index contributed by atoms with van der Waals surface area (Å²) in [5.41, 5.74) is 2.00. The largest absolute Gasteiger partial charge is 0.465 e. The SMILES string of the molecule is COC(=O)c1cnc2cc(Nc3cc(C)[nH]n3)nc(NC3C[C@H]4CC[C@@H](C3)N4C3CCOC3=O)c2c1. The predicted molar refractivity (Wildman–Crippen MR) is 132 cm³/mol. The number of hydrogen-bond donors (Lipinski definition) is 3. The van der Waals surface area contributed by atoms with Gasteiger partial charge in [0, 0.05) is 54.0 Å². The third kappa shape index (κ3) is 4.13. The molecule has 11 heteroatoms. The first-order chi connectivity index (χ1) is 17.5. The number of aromatic amines is 1. The molecular weight excluding hydrogens is 462 g/mol. The standard InChI is InChI=1S/C25H29N7O4/c1-13-7-22(31-30-13)28-21-11-19-18(8-14(12-26-19)24(33)35-2)23(29-21)27-15-9-16-3-4-17(10-15)32(16)20-5-6-36-25(20)34/h7-8,11-12,15-17,20H,3-6,9-10H2,1-2H3,(H3,27,28,29,30,31)/t15?,16-,17+,20?. The summed E-state index contributed by atoms with van der Waals surface area (Å²) in [6, 6.07) is 6.23. The molecule has 3 saturated heterocycles. The van der Waals surface area contributed by atoms with Crippen molar-refractivity contribution in [2.24, 2.45) is 0 Å². The Morgan fingerprint density at radius 3 is 2.64 bits per heavy atom. The van der Waals surface area contributed by atoms with Crippen molar-refractivity contribution in [3.63, 3.8) is 0 Å². The molecule has 3 aromatic heterocycles. The van der Waals surface area contributed by atoms with Crippen molar-refractivity contribution in [2.75, 3.05) is 24.4 Å². The molecule has 3 aliphatic rings. The Kier molecular flexibility index (Phi) is 5.71. The van der Waals surface area contributed by atoms with E-state index in [1.807, 2.05) is 19.1 Å². The number of carbonyl (C=O) groups is 2. The van der Waals surface area contributed by atoms with Crippen LogP contribution in [0.15, 0.2) is 24.4 Å². The third-order valence-corrected chi connectivity index (χ3v) is 7.46. The minimum atomic E-state index is -0.445. The van der Waals surface area contributed by atoms with Crippen LogP contribution in [-0.4, -0.2) is 74.9 Å². The molecule has 3 N–H and O–H groups in total. The lowest BCUT2D eigenvalue weighted by Gasteiger charge is -2.41. The number of ether oxygens (including phenoxy) is 2. The van der Waals surface area contributed by atoms with Gasteiger partial charge < -0.3 is 20.1 Å². The number of rotatable bonds is 6. The van der Waals surface area contributed by atoms with E-state index < -0.39 is 5.97 Å². The molecule has 2 bridgehead atoms. The highest BCUT2D eigenvalue weighted by molar-refractivity contribution is 5.98. The molecule has 0 aromatic carbocycles. The fourth-order valence-electron chi connectivity index (χ4n) is 5.93. The van der Waals surface area contributed by atoms with Crippen LogP contribution in [0.4, 0.5) is 17.5 Å². The van der Waals surface area contributed by atoms with Crippen LogP contribution in [0.1, 0.15) is 48.2 Å². The zero-order valence-corrected chi connectivity index (χ0v) is 20.3. The van der Waals surface area contributed by atoms with Crippen LogP contribution >= 0.6 is 0 Å². The molecule has 3 fully saturated rings. The molecule has 0 spiro atoms. The second-order valence-corrected chi connectivity index (χ2v) is 9.82. The molecular formula is C25H29N7O4. The molecule has 6 rings (SSSR count). The van der Waals surface area contributed by atoms with Gasteiger partial charge in [-0.05, 0) is 38.7 Å². The lowest BCUT2D eigenvalue weighted by molar-refractivity contribution is -0.143. The van der Waals surface area contributed by atoms with Crippen molar-refractivity contribution >= 4 is 40.3 Å². The number of anilines is 3. The maximum absolute atomic E-state index is 12.3. The van der Waals surface area contributed by atoms with Gasteiger partial charge in [0.15, 0.2) is 5.82 Å². The average molecular weight is 492 g/mol. The summed E-state index contributed by atoms with van der Waals surface area (Å²) >= 11 is 0. The second kappa shape index (κ2) is 9.05. The number of esters is 2. The zero-order valence-electron chi connectivity index (χ0n) is 20.3. The Bertz CT molecular complexity index is 1310. The van der Waals surface area contributed by atoms with Crippen molar-refractivity contribution in [1.29, 1.82) is 0 Å². The number of methoxy groups -OCH3 is 1. The highest BCUT2D eigenvalue weighted by atomic mass is 16.5. The van der Waals surface area contributed by atoms with Crippen molar-refractivity contribution in [1.82, 2.24) is 25.1 Å². The van der Waals surface area contributed by atoms with E-state index >= 15 is 0 Å². The van der Waals surface area contributed by atoms with Crippen LogP contribution in [0.5, 0.6) is 0 Å². The fourth-order valence-corrected chi connectivity index (χ4v) is 5.93. The van der Waals surface area contributed by atoms with Crippen LogP contribution in [-0.2, 0) is 14.3 Å². The van der Waals surface area contributed by atoms with Gasteiger partial charge in [-0.25, -0.2) is 9.78 Å². The normalized spacial score (nSPS) is 25.7. The summed E-state index contributed by atoms with van der Waals surface area (Å²) in [6.07, 6.45) is 6.26. The molecule has 0 amide bonds. The van der Waals surface area contributed by atoms with Crippen LogP contribution in [0.2, 0.25) is 0 Å². The Morgan fingerprint density at radius 1 is 1.17 bits per heavy atom. The Hall–Kier alpha value is -3.73. The number of pyridine rings is 2. The van der Waals surface area contributed by atoms with Gasteiger partial charge in [-0.3, -0.25) is 19.8 Å². The topological polar surface area (TPSA) is 134 Å². The summed E-state index contributed by atoms with van der Waals surface area (Å²) < 4.78 is 10.2. The van der Waals surface area contributed by atoms with E-state index in [9.17, 15) is 9.59 Å². The maximum atomic E-state index is 12.3. The minimum absolute atomic E-state index is 0.0836. The van der Waals surface area contributed by atoms with E-state index in [2.05, 4.69) is 30.7 Å². The van der Waals surface area contributed by atoms with Gasteiger partial charge in [0.2, 0.25) is 0 Å². The second-order valence-electron chi connectivity index (χ2n) is 9.82. The molecule has 6 heterocycles. The van der Waals surface area contributed by atoms with Crippen molar-refractivity contribution in [3.05, 3.63) is 35.7 Å². The minimum Gasteiger partial charge on any atom is -0.465 e. The Balaban J connectivity index is 1.30. The van der Waals surface area contributed by atoms with E-state index in [1.165, 1.54) is 13.3 Å². The number of fused-ring (bicyclic) bond motifs is 3. The van der Waals surface area contributed by atoms with Crippen LogP contribution in [0, 0.1) is 6.92 Å². The van der Waals surface area contributed by atoms with Crippen LogP contribution < -0.4 is 10.6 Å². The monoisotopic (exact) mass is 491 g/mol. The predicted octanol–water partition coefficient (Wildman–Crippen LogP) is 2.91. The molecule has 3 aromatic rings. The number of piperidine rings is 1. The van der Waals surface area contributed by atoms with Gasteiger partial charge in [-0.1, -0.05) is 0 Å². The van der Waals surface area contributed by atoms with Crippen LogP contribution in [0.3, 0.4) is 0 Å². The number of hydrogen-bond acceptors (Lipinski definition) is 10. The number of nitrogens with zero attached hydrogens (tertiary/aromatic N) is 4. The van der Waals surface area contributed by atoms with Crippen LogP contribution in [0.25, 0.3) is 10.9 Å². The Morgan fingerprint density at radius 2 is 1.97 bits per heavy atom. The smallest absolute Gasteiger partial charge is 0.339 e. The van der Waals surface area contributed by atoms with Gasteiger partial charge in [0.05, 0.1) is 24.8 Å². The molecule has 0 aliphatic carbocycles. The molecule has 188 valence electrons. The first-order valence-electron chi connectivity index (χ1n) is 12.4. The summed E-state index contributed by atoms with van der Waals surface area (Å²) in [6.45, 7) is 2.45. The first kappa shape index (κ1) is 22.7. The van der Waals surface area contributed by atoms with E-state index in [4.69, 9.17) is 14.5 Å². The van der Waals surface area contributed by atoms with Crippen molar-refractivity contribution in [3.8, 4) is 0 Å². The highest BCUT2D eigenvalue weighted by Gasteiger charge is 2.47. The van der Waals surface area contributed by atoms with Gasteiger partial charge in [0.25, 0.3) is 0 Å². The van der Waals surface area contributed by atoms with Gasteiger partial charge in [-0.15, -0.1) is 0 Å². The molecule has 0 radical (unpaired) electrons. The maximum Gasteiger partial charge on any atom is 0.339 e. The number of aromatic nitrogens is 4. The molecule has 36 heavy (non-hydrogen) atoms. The lowest BCUT2D eigenvalue weighted by atomic mass is 9.94. The highest BCUT2D eigenvalue weighted by Crippen LogP contribution is 2.40. The van der Waals surface area contributed by atoms with E-state index in [-0.39, 0.29) is 18.1 Å². The fraction of sp³-hybridized carbons (Fsp3) is 0.480. The number of aryl methyl sites for hydroxylation is 1. The average Bonchev–Trinajstić information content (AvgIpc) is 3.55. The number of cyclic esters (lactones) is 1. The van der Waals surface area contributed by atoms with Gasteiger partial charge in [0.1, 0.15) is 17.7 Å². The summed E-state index contributed by atoms with van der Waals surface area (Å²) in [4.78, 5) is 36.2. The molecule has 11 nitrogen and oxygen atoms in total. The molecule has 0 saturated carbocycles. The molecule has 2 unspecified atom stereocenters. The summed E-state index contributed by atoms with van der Waals surface area (Å²) in [5.74, 6) is 1.38. The molecule has 3 aliphatic heterocycles. The van der Waals surface area contributed by atoms with E-state index in [1.54, 1.807) is 6.07 Å². The summed E-state index contributed by atoms with van der Waals surface area (Å²) in [5, 5.41) is 14.8. The van der Waals surface area contributed by atoms with Crippen molar-refractivity contribution < 1.29 is 19.1 Å². The Labute approximate surface area is 208 Å². The first-order valence-corrected chi connectivity index (χ1v) is 12.4. The number of nitrogens with one attached hydrogen (secondary N) is 3. The zero-order chi connectivity index (χ0) is 24.8. The van der Waals surface area contributed by atoms with E-state index in [0.717, 1.165) is 43.2 Å². The molecule has 4 atom stereocenters. The van der Waals surface area contributed by atoms with Gasteiger partial charge in [-0.2, -0.15) is 5.10 Å². The summed E-state index contributed by atoms with van der Waals surface area (Å²) in [7, 11) is 1.35. The number of carbonyl (C=O) groups excluding carboxylic acids is 2. The van der Waals surface area contributed by atoms with E-state index in [0.29, 0.717) is 47.2 Å². The van der Waals surface area contributed by atoms with Crippen molar-refractivity contribution in [2.45, 2.75) is 63.2 Å².